The number of nitriles is 1. The Labute approximate surface area is 116 Å². The molecule has 1 aromatic carbocycles. The van der Waals surface area contributed by atoms with Crippen molar-refractivity contribution in [3.8, 4) is 11.8 Å². The minimum Gasteiger partial charge on any atom is -0.491 e. The van der Waals surface area contributed by atoms with E-state index in [2.05, 4.69) is 10.3 Å². The number of nitrogens with zero attached hydrogens (tertiary/aromatic N) is 2. The van der Waals surface area contributed by atoms with Crippen molar-refractivity contribution in [2.24, 2.45) is 0 Å². The quantitative estimate of drug-likeness (QED) is 0.907. The number of hydrogen-bond acceptors (Lipinski definition) is 4. The molecule has 1 N–H and O–H groups in total. The monoisotopic (exact) mass is 271 g/mol. The minimum absolute atomic E-state index is 0.244. The fourth-order valence-corrected chi connectivity index (χ4v) is 1.73. The van der Waals surface area contributed by atoms with Crippen molar-refractivity contribution in [3.63, 3.8) is 0 Å². The molecule has 2 aromatic rings. The predicted octanol–water partition coefficient (Wildman–Crippen LogP) is 3.10. The average molecular weight is 271 g/mol. The Morgan fingerprint density at radius 1 is 1.35 bits per heavy atom. The minimum atomic E-state index is -0.399. The molecule has 0 spiro atoms. The average Bonchev–Trinajstić information content (AvgIpc) is 2.48. The van der Waals surface area contributed by atoms with Crippen LogP contribution in [-0.4, -0.2) is 11.6 Å². The van der Waals surface area contributed by atoms with Gasteiger partial charge in [-0.25, -0.2) is 9.37 Å². The smallest absolute Gasteiger partial charge is 0.167 e. The number of benzene rings is 1. The van der Waals surface area contributed by atoms with Gasteiger partial charge in [-0.15, -0.1) is 0 Å². The highest BCUT2D eigenvalue weighted by Gasteiger charge is 2.04. The molecule has 4 nitrogen and oxygen atoms in total. The topological polar surface area (TPSA) is 57.9 Å². The van der Waals surface area contributed by atoms with Gasteiger partial charge in [0.2, 0.25) is 0 Å². The van der Waals surface area contributed by atoms with Crippen LogP contribution in [0.3, 0.4) is 0 Å². The Morgan fingerprint density at radius 3 is 2.90 bits per heavy atom. The summed E-state index contributed by atoms with van der Waals surface area (Å²) in [5.74, 6) is -0.155. The number of hydrogen-bond donors (Lipinski definition) is 1. The Hall–Kier alpha value is -2.61. The summed E-state index contributed by atoms with van der Waals surface area (Å²) in [4.78, 5) is 3.89. The van der Waals surface area contributed by atoms with Crippen molar-refractivity contribution in [1.29, 1.82) is 5.26 Å². The van der Waals surface area contributed by atoms with Crippen LogP contribution in [0.2, 0.25) is 0 Å². The molecule has 0 atom stereocenters. The predicted molar refractivity (Wildman–Crippen MR) is 73.8 cm³/mol. The Morgan fingerprint density at radius 2 is 2.20 bits per heavy atom. The van der Waals surface area contributed by atoms with E-state index in [-0.39, 0.29) is 5.75 Å². The fraction of sp³-hybridized carbons (Fsp3) is 0.200. The summed E-state index contributed by atoms with van der Waals surface area (Å²) in [5.41, 5.74) is 1.93. The molecule has 102 valence electrons. The number of nitrogens with one attached hydrogen (secondary N) is 1. The van der Waals surface area contributed by atoms with Gasteiger partial charge in [0.25, 0.3) is 0 Å². The normalized spacial score (nSPS) is 9.85. The van der Waals surface area contributed by atoms with Crippen LogP contribution in [0, 0.1) is 17.1 Å². The molecule has 1 aromatic heterocycles. The maximum Gasteiger partial charge on any atom is 0.167 e. The van der Waals surface area contributed by atoms with Crippen LogP contribution in [0.25, 0.3) is 0 Å². The molecule has 0 amide bonds. The zero-order valence-electron chi connectivity index (χ0n) is 11.1. The lowest BCUT2D eigenvalue weighted by Crippen LogP contribution is -2.01. The Balaban J connectivity index is 2.03. The van der Waals surface area contributed by atoms with E-state index in [1.165, 1.54) is 6.07 Å². The summed E-state index contributed by atoms with van der Waals surface area (Å²) in [6, 6.07) is 10.2. The standard InChI is InChI=1S/C15H14FN3O/c1-2-20-15-4-3-12(8-14(15)16)19-10-11-5-6-18-13(7-11)9-17/h3-8,19H,2,10H2,1H3. The van der Waals surface area contributed by atoms with E-state index in [9.17, 15) is 4.39 Å². The zero-order valence-corrected chi connectivity index (χ0v) is 11.1. The Kier molecular flexibility index (Phi) is 4.51. The summed E-state index contributed by atoms with van der Waals surface area (Å²) in [5, 5.41) is 11.9. The molecular weight excluding hydrogens is 257 g/mol. The maximum atomic E-state index is 13.7. The van der Waals surface area contributed by atoms with Gasteiger partial charge < -0.3 is 10.1 Å². The van der Waals surface area contributed by atoms with Gasteiger partial charge in [-0.1, -0.05) is 0 Å². The van der Waals surface area contributed by atoms with Crippen molar-refractivity contribution in [1.82, 2.24) is 4.98 Å². The molecular formula is C15H14FN3O. The molecule has 2 rings (SSSR count). The van der Waals surface area contributed by atoms with Crippen LogP contribution in [0.1, 0.15) is 18.2 Å². The summed E-state index contributed by atoms with van der Waals surface area (Å²) in [6.07, 6.45) is 1.58. The first-order valence-electron chi connectivity index (χ1n) is 6.24. The third-order valence-corrected chi connectivity index (χ3v) is 2.67. The van der Waals surface area contributed by atoms with Crippen LogP contribution in [0.4, 0.5) is 10.1 Å². The molecule has 0 aliphatic rings. The van der Waals surface area contributed by atoms with Crippen LogP contribution in [-0.2, 0) is 6.54 Å². The van der Waals surface area contributed by atoms with Gasteiger partial charge in [-0.2, -0.15) is 5.26 Å². The molecule has 0 unspecified atom stereocenters. The summed E-state index contributed by atoms with van der Waals surface area (Å²) < 4.78 is 18.8. The molecule has 20 heavy (non-hydrogen) atoms. The Bertz CT molecular complexity index is 637. The van der Waals surface area contributed by atoms with Crippen LogP contribution >= 0.6 is 0 Å². The van der Waals surface area contributed by atoms with Gasteiger partial charge in [0.1, 0.15) is 11.8 Å². The molecule has 0 aliphatic heterocycles. The summed E-state index contributed by atoms with van der Waals surface area (Å²) in [6.45, 7) is 2.73. The largest absolute Gasteiger partial charge is 0.491 e. The second-order valence-electron chi connectivity index (χ2n) is 4.09. The van der Waals surface area contributed by atoms with Crippen LogP contribution in [0.15, 0.2) is 36.5 Å². The summed E-state index contributed by atoms with van der Waals surface area (Å²) in [7, 11) is 0. The molecule has 0 fully saturated rings. The SMILES string of the molecule is CCOc1ccc(NCc2ccnc(C#N)c2)cc1F. The maximum absolute atomic E-state index is 13.7. The second-order valence-corrected chi connectivity index (χ2v) is 4.09. The van der Waals surface area contributed by atoms with Gasteiger partial charge in [0.05, 0.1) is 6.61 Å². The highest BCUT2D eigenvalue weighted by Crippen LogP contribution is 2.21. The van der Waals surface area contributed by atoms with Gasteiger partial charge in [0.15, 0.2) is 11.6 Å². The molecule has 0 aliphatic carbocycles. The van der Waals surface area contributed by atoms with Crippen molar-refractivity contribution in [2.45, 2.75) is 13.5 Å². The number of pyridine rings is 1. The number of rotatable bonds is 5. The van der Waals surface area contributed by atoms with Gasteiger partial charge in [0, 0.05) is 24.5 Å². The molecule has 0 saturated carbocycles. The van der Waals surface area contributed by atoms with E-state index >= 15 is 0 Å². The van der Waals surface area contributed by atoms with E-state index in [1.807, 2.05) is 13.0 Å². The van der Waals surface area contributed by atoms with E-state index in [0.717, 1.165) is 5.56 Å². The van der Waals surface area contributed by atoms with E-state index in [4.69, 9.17) is 10.00 Å². The third-order valence-electron chi connectivity index (χ3n) is 2.67. The van der Waals surface area contributed by atoms with Crippen molar-refractivity contribution in [3.05, 3.63) is 53.6 Å². The fourth-order valence-electron chi connectivity index (χ4n) is 1.73. The van der Waals surface area contributed by atoms with E-state index in [0.29, 0.717) is 24.5 Å². The molecule has 1 heterocycles. The first-order valence-corrected chi connectivity index (χ1v) is 6.24. The van der Waals surface area contributed by atoms with E-state index < -0.39 is 5.82 Å². The van der Waals surface area contributed by atoms with E-state index in [1.54, 1.807) is 30.5 Å². The highest BCUT2D eigenvalue weighted by molar-refractivity contribution is 5.47. The zero-order chi connectivity index (χ0) is 14.4. The van der Waals surface area contributed by atoms with Crippen molar-refractivity contribution < 1.29 is 9.13 Å². The molecule has 0 radical (unpaired) electrons. The highest BCUT2D eigenvalue weighted by atomic mass is 19.1. The lowest BCUT2D eigenvalue weighted by Gasteiger charge is -2.09. The first-order chi connectivity index (χ1) is 9.72. The molecule has 5 heteroatoms. The van der Waals surface area contributed by atoms with Crippen LogP contribution < -0.4 is 10.1 Å². The van der Waals surface area contributed by atoms with Gasteiger partial charge >= 0.3 is 0 Å². The van der Waals surface area contributed by atoms with Gasteiger partial charge in [-0.05, 0) is 36.8 Å². The molecule has 0 bridgehead atoms. The number of anilines is 1. The lowest BCUT2D eigenvalue weighted by molar-refractivity contribution is 0.321. The number of halogens is 1. The third kappa shape index (κ3) is 3.45. The second kappa shape index (κ2) is 6.53. The van der Waals surface area contributed by atoms with Crippen molar-refractivity contribution >= 4 is 5.69 Å². The lowest BCUT2D eigenvalue weighted by atomic mass is 10.2. The van der Waals surface area contributed by atoms with Crippen molar-refractivity contribution in [2.75, 3.05) is 11.9 Å². The number of ether oxygens (including phenoxy) is 1. The molecule has 0 saturated heterocycles. The van der Waals surface area contributed by atoms with Crippen LogP contribution in [0.5, 0.6) is 5.75 Å². The van der Waals surface area contributed by atoms with Gasteiger partial charge in [-0.3, -0.25) is 0 Å². The number of aromatic nitrogens is 1. The summed E-state index contributed by atoms with van der Waals surface area (Å²) >= 11 is 0. The first kappa shape index (κ1) is 13.8.